The average molecular weight is 453 g/mol. The van der Waals surface area contributed by atoms with Crippen molar-refractivity contribution in [1.82, 2.24) is 0 Å². The van der Waals surface area contributed by atoms with E-state index in [0.717, 1.165) is 11.1 Å². The first-order chi connectivity index (χ1) is 14.3. The maximum absolute atomic E-state index is 13.1. The van der Waals surface area contributed by atoms with Crippen LogP contribution in [0.2, 0.25) is 18.1 Å². The van der Waals surface area contributed by atoms with Crippen molar-refractivity contribution in [2.24, 2.45) is 23.2 Å². The zero-order valence-corrected chi connectivity index (χ0v) is 20.8. The Kier molecular flexibility index (Phi) is 6.34. The van der Waals surface area contributed by atoms with Gasteiger partial charge in [0.05, 0.1) is 33.5 Å². The number of carbonyl (C=O) groups is 2. The second-order valence-electron chi connectivity index (χ2n) is 10.5. The predicted octanol–water partition coefficient (Wildman–Crippen LogP) is 3.46. The van der Waals surface area contributed by atoms with Crippen molar-refractivity contribution in [1.29, 1.82) is 0 Å². The molecule has 3 rings (SSSR count). The third kappa shape index (κ3) is 3.71. The molecule has 0 aromatic heterocycles. The second-order valence-corrected chi connectivity index (χ2v) is 15.3. The highest BCUT2D eigenvalue weighted by atomic mass is 28.4. The summed E-state index contributed by atoms with van der Waals surface area (Å²) < 4.78 is 28.9. The zero-order chi connectivity index (χ0) is 23.4. The molecular weight excluding hydrogens is 416 g/mol. The van der Waals surface area contributed by atoms with Gasteiger partial charge in [-0.05, 0) is 36.0 Å². The standard InChI is InChI=1S/C23H36O7Si/c1-13-10-23(20(24)26-6,21(25)27-7)18-15(12-29-31(8,9)22(3,4)5)30-19-17(16(13)18)14(2)11-28-19/h15-19H,1-2,10-12H2,3-9H3/t15-,16+,17-,18-,19+/m1/s1. The maximum atomic E-state index is 13.1. The molecule has 2 saturated heterocycles. The lowest BCUT2D eigenvalue weighted by Gasteiger charge is -2.46. The molecule has 0 amide bonds. The summed E-state index contributed by atoms with van der Waals surface area (Å²) in [7, 11) is 0.465. The van der Waals surface area contributed by atoms with Gasteiger partial charge >= 0.3 is 11.9 Å². The molecule has 0 radical (unpaired) electrons. The molecule has 0 aromatic rings. The van der Waals surface area contributed by atoms with Crippen LogP contribution in [0.3, 0.4) is 0 Å². The van der Waals surface area contributed by atoms with Crippen LogP contribution >= 0.6 is 0 Å². The minimum absolute atomic E-state index is 0.00279. The van der Waals surface area contributed by atoms with E-state index in [4.69, 9.17) is 23.4 Å². The molecule has 8 heteroatoms. The van der Waals surface area contributed by atoms with E-state index < -0.39 is 44.0 Å². The molecule has 3 fully saturated rings. The number of methoxy groups -OCH3 is 2. The number of hydrogen-bond donors (Lipinski definition) is 0. The van der Waals surface area contributed by atoms with Gasteiger partial charge in [-0.2, -0.15) is 0 Å². The Hall–Kier alpha value is -1.48. The molecule has 0 bridgehead atoms. The Labute approximate surface area is 186 Å². The minimum atomic E-state index is -2.11. The van der Waals surface area contributed by atoms with Gasteiger partial charge < -0.3 is 23.4 Å². The first kappa shape index (κ1) is 24.2. The van der Waals surface area contributed by atoms with Crippen molar-refractivity contribution in [2.45, 2.75) is 57.7 Å². The molecular formula is C23H36O7Si. The van der Waals surface area contributed by atoms with Gasteiger partial charge in [0.2, 0.25) is 0 Å². The summed E-state index contributed by atoms with van der Waals surface area (Å²) in [5.74, 6) is -2.17. The van der Waals surface area contributed by atoms with E-state index in [9.17, 15) is 9.59 Å². The van der Waals surface area contributed by atoms with Crippen LogP contribution in [0, 0.1) is 23.2 Å². The van der Waals surface area contributed by atoms with Gasteiger partial charge in [-0.15, -0.1) is 0 Å². The van der Waals surface area contributed by atoms with Crippen LogP contribution in [-0.2, 0) is 33.0 Å². The van der Waals surface area contributed by atoms with Gasteiger partial charge in [-0.1, -0.05) is 39.5 Å². The maximum Gasteiger partial charge on any atom is 0.323 e. The van der Waals surface area contributed by atoms with Gasteiger partial charge in [-0.25, -0.2) is 0 Å². The molecule has 1 saturated carbocycles. The Morgan fingerprint density at radius 3 is 2.19 bits per heavy atom. The first-order valence-corrected chi connectivity index (χ1v) is 13.7. The highest BCUT2D eigenvalue weighted by Crippen LogP contribution is 2.61. The zero-order valence-electron chi connectivity index (χ0n) is 19.8. The van der Waals surface area contributed by atoms with E-state index in [-0.39, 0.29) is 29.9 Å². The first-order valence-electron chi connectivity index (χ1n) is 10.7. The SMILES string of the molecule is C=C1CO[C@H]2O[C@H](CO[Si](C)(C)C(C)(C)C)[C@@H]3[C@@H](C(=C)CC3(C(=O)OC)C(=O)OC)[C@@H]12. The summed E-state index contributed by atoms with van der Waals surface area (Å²) in [5, 5.41) is 0.00279. The Morgan fingerprint density at radius 1 is 1.10 bits per heavy atom. The number of hydrogen-bond acceptors (Lipinski definition) is 7. The minimum Gasteiger partial charge on any atom is -0.468 e. The van der Waals surface area contributed by atoms with E-state index in [1.54, 1.807) is 0 Å². The lowest BCUT2D eigenvalue weighted by atomic mass is 9.67. The lowest BCUT2D eigenvalue weighted by molar-refractivity contribution is -0.236. The number of allylic oxidation sites excluding steroid dienone is 1. The number of esters is 2. The Morgan fingerprint density at radius 2 is 1.68 bits per heavy atom. The van der Waals surface area contributed by atoms with Crippen molar-refractivity contribution in [3.63, 3.8) is 0 Å². The van der Waals surface area contributed by atoms with E-state index in [2.05, 4.69) is 47.0 Å². The van der Waals surface area contributed by atoms with Gasteiger partial charge in [0.25, 0.3) is 0 Å². The summed E-state index contributed by atoms with van der Waals surface area (Å²) in [5.41, 5.74) is 0.152. The molecule has 174 valence electrons. The number of carbonyl (C=O) groups excluding carboxylic acids is 2. The number of rotatable bonds is 5. The monoisotopic (exact) mass is 452 g/mol. The highest BCUT2D eigenvalue weighted by molar-refractivity contribution is 6.74. The topological polar surface area (TPSA) is 80.3 Å². The fourth-order valence-corrected chi connectivity index (χ4v) is 6.09. The van der Waals surface area contributed by atoms with Crippen LogP contribution in [0.5, 0.6) is 0 Å². The molecule has 0 aromatic carbocycles. The fraction of sp³-hybridized carbons (Fsp3) is 0.739. The van der Waals surface area contributed by atoms with Crippen LogP contribution < -0.4 is 0 Å². The highest BCUT2D eigenvalue weighted by Gasteiger charge is 2.69. The van der Waals surface area contributed by atoms with Gasteiger partial charge in [0.1, 0.15) is 0 Å². The van der Waals surface area contributed by atoms with Gasteiger partial charge in [0, 0.05) is 11.8 Å². The van der Waals surface area contributed by atoms with E-state index in [0.29, 0.717) is 6.61 Å². The summed E-state index contributed by atoms with van der Waals surface area (Å²) in [4.78, 5) is 26.2. The average Bonchev–Trinajstić information content (AvgIpc) is 3.22. The Balaban J connectivity index is 2.06. The van der Waals surface area contributed by atoms with Crippen LogP contribution in [0.25, 0.3) is 0 Å². The third-order valence-corrected chi connectivity index (χ3v) is 12.2. The number of fused-ring (bicyclic) bond motifs is 3. The molecule has 7 nitrogen and oxygen atoms in total. The van der Waals surface area contributed by atoms with E-state index in [1.807, 2.05) is 0 Å². The van der Waals surface area contributed by atoms with Crippen molar-refractivity contribution in [2.75, 3.05) is 27.4 Å². The summed E-state index contributed by atoms with van der Waals surface area (Å²) in [6, 6.07) is 0. The van der Waals surface area contributed by atoms with Gasteiger partial charge in [-0.3, -0.25) is 9.59 Å². The van der Waals surface area contributed by atoms with Crippen LogP contribution in [0.1, 0.15) is 27.2 Å². The number of ether oxygens (including phenoxy) is 4. The van der Waals surface area contributed by atoms with E-state index in [1.165, 1.54) is 14.2 Å². The Bertz CT molecular complexity index is 765. The molecule has 0 spiro atoms. The molecule has 3 aliphatic rings. The van der Waals surface area contributed by atoms with Gasteiger partial charge in [0.15, 0.2) is 20.0 Å². The van der Waals surface area contributed by atoms with E-state index >= 15 is 0 Å². The second kappa shape index (κ2) is 8.14. The normalized spacial score (nSPS) is 32.4. The smallest absolute Gasteiger partial charge is 0.323 e. The summed E-state index contributed by atoms with van der Waals surface area (Å²) >= 11 is 0. The third-order valence-electron chi connectivity index (χ3n) is 7.74. The lowest BCUT2D eigenvalue weighted by Crippen LogP contribution is -2.57. The van der Waals surface area contributed by atoms with Crippen molar-refractivity contribution in [3.8, 4) is 0 Å². The van der Waals surface area contributed by atoms with Crippen molar-refractivity contribution >= 4 is 20.3 Å². The fourth-order valence-electron chi connectivity index (χ4n) is 5.08. The van der Waals surface area contributed by atoms with Crippen molar-refractivity contribution < 1.29 is 33.0 Å². The molecule has 2 heterocycles. The molecule has 5 atom stereocenters. The van der Waals surface area contributed by atoms with Crippen LogP contribution in [-0.4, -0.2) is 60.1 Å². The molecule has 0 unspecified atom stereocenters. The summed E-state index contributed by atoms with van der Waals surface area (Å²) in [6.07, 6.45) is -0.897. The predicted molar refractivity (Wildman–Crippen MR) is 118 cm³/mol. The molecule has 2 aliphatic heterocycles. The molecule has 1 aliphatic carbocycles. The molecule has 31 heavy (non-hydrogen) atoms. The molecule has 0 N–H and O–H groups in total. The summed E-state index contributed by atoms with van der Waals surface area (Å²) in [6.45, 7) is 19.8. The van der Waals surface area contributed by atoms with Crippen LogP contribution in [0.4, 0.5) is 0 Å². The van der Waals surface area contributed by atoms with Crippen molar-refractivity contribution in [3.05, 3.63) is 24.3 Å². The largest absolute Gasteiger partial charge is 0.468 e. The van der Waals surface area contributed by atoms with Crippen LogP contribution in [0.15, 0.2) is 24.3 Å². The quantitative estimate of drug-likeness (QED) is 0.273.